The van der Waals surface area contributed by atoms with Crippen molar-refractivity contribution in [3.05, 3.63) is 236 Å². The molecule has 5 aliphatic rings. The largest absolute Gasteiger partial charge is 0.354 e. The van der Waals surface area contributed by atoms with Crippen molar-refractivity contribution in [1.82, 2.24) is 19.9 Å². The summed E-state index contributed by atoms with van der Waals surface area (Å²) >= 11 is 2.39. The Bertz CT molecular complexity index is 4070. The summed E-state index contributed by atoms with van der Waals surface area (Å²) in [5, 5.41) is 0. The molecule has 3 aliphatic carbocycles. The van der Waals surface area contributed by atoms with E-state index in [4.69, 9.17) is 9.97 Å². The van der Waals surface area contributed by atoms with Gasteiger partial charge in [0.2, 0.25) is 0 Å². The van der Waals surface area contributed by atoms with Crippen molar-refractivity contribution in [3.8, 4) is 77.9 Å². The average Bonchev–Trinajstić information content (AvgIpc) is 4.26. The molecule has 0 atom stereocenters. The van der Waals surface area contributed by atoms with Gasteiger partial charge in [0.15, 0.2) is 0 Å². The standard InChI is InChI=1S/C65H41IN4/c66-47-18-13-37(14-19-47)62-54-23-25-56(67-54)63(41-15-20-51-44(34-41)31-38-7-1-4-10-48(38)51)58-27-29-60(69-58)65(43-17-22-53-46(36-43)33-40-9-3-6-12-50(40)53)61-30-28-59(70-61)64(57-26-24-55(62)68-57)42-16-21-52-45(35-42)32-39-8-2-5-11-49(39)52/h1-30,34-36,67,70H,31-33H2. The van der Waals surface area contributed by atoms with E-state index >= 15 is 0 Å². The van der Waals surface area contributed by atoms with Gasteiger partial charge in [0, 0.05) is 47.9 Å². The molecular weight excluding hydrogens is 964 g/mol. The van der Waals surface area contributed by atoms with Crippen molar-refractivity contribution in [2.45, 2.75) is 19.3 Å². The number of rotatable bonds is 4. The lowest BCUT2D eigenvalue weighted by Gasteiger charge is -2.10. The van der Waals surface area contributed by atoms with Crippen LogP contribution in [0.1, 0.15) is 56.2 Å². The van der Waals surface area contributed by atoms with Crippen molar-refractivity contribution in [2.75, 3.05) is 0 Å². The Balaban J connectivity index is 1.03. The van der Waals surface area contributed by atoms with Gasteiger partial charge in [0.25, 0.3) is 0 Å². The van der Waals surface area contributed by atoms with Crippen LogP contribution in [-0.2, 0) is 19.3 Å². The molecule has 70 heavy (non-hydrogen) atoms. The maximum atomic E-state index is 5.68. The highest BCUT2D eigenvalue weighted by Gasteiger charge is 2.25. The van der Waals surface area contributed by atoms with Crippen molar-refractivity contribution >= 4 is 69.0 Å². The smallest absolute Gasteiger partial charge is 0.0737 e. The highest BCUT2D eigenvalue weighted by Crippen LogP contribution is 2.45. The van der Waals surface area contributed by atoms with Crippen molar-refractivity contribution in [2.24, 2.45) is 0 Å². The topological polar surface area (TPSA) is 57.4 Å². The molecule has 0 saturated heterocycles. The third kappa shape index (κ3) is 6.27. The summed E-state index contributed by atoms with van der Waals surface area (Å²) in [6, 6.07) is 65.1. The van der Waals surface area contributed by atoms with E-state index in [2.05, 4.69) is 233 Å². The van der Waals surface area contributed by atoms with Crippen LogP contribution in [0.2, 0.25) is 0 Å². The second-order valence-corrected chi connectivity index (χ2v) is 20.4. The minimum atomic E-state index is 0.907. The molecule has 2 aliphatic heterocycles. The quantitative estimate of drug-likeness (QED) is 0.173. The molecule has 10 aromatic rings. The molecule has 2 N–H and O–H groups in total. The molecule has 0 saturated carbocycles. The van der Waals surface area contributed by atoms with Crippen molar-refractivity contribution in [1.29, 1.82) is 0 Å². The number of benzene rings is 7. The summed E-state index contributed by atoms with van der Waals surface area (Å²) in [4.78, 5) is 19.3. The molecule has 15 rings (SSSR count). The van der Waals surface area contributed by atoms with E-state index in [0.717, 1.165) is 109 Å². The molecule has 0 amide bonds. The lowest BCUT2D eigenvalue weighted by Crippen LogP contribution is -1.91. The van der Waals surface area contributed by atoms with Gasteiger partial charge in [-0.1, -0.05) is 140 Å². The zero-order valence-corrected chi connectivity index (χ0v) is 40.1. The number of halogens is 1. The van der Waals surface area contributed by atoms with E-state index in [9.17, 15) is 0 Å². The van der Waals surface area contributed by atoms with Crippen LogP contribution >= 0.6 is 22.6 Å². The third-order valence-corrected chi connectivity index (χ3v) is 15.9. The van der Waals surface area contributed by atoms with Crippen LogP contribution in [-0.4, -0.2) is 19.9 Å². The van der Waals surface area contributed by atoms with Crippen LogP contribution in [0.4, 0.5) is 0 Å². The minimum Gasteiger partial charge on any atom is -0.354 e. The average molecular weight is 1000 g/mol. The third-order valence-electron chi connectivity index (χ3n) is 15.1. The molecule has 328 valence electrons. The van der Waals surface area contributed by atoms with Crippen LogP contribution in [0.5, 0.6) is 0 Å². The molecule has 0 spiro atoms. The van der Waals surface area contributed by atoms with Crippen LogP contribution in [0.3, 0.4) is 0 Å². The number of aromatic nitrogens is 4. The van der Waals surface area contributed by atoms with E-state index in [1.165, 1.54) is 70.3 Å². The highest BCUT2D eigenvalue weighted by atomic mass is 127. The van der Waals surface area contributed by atoms with Crippen LogP contribution < -0.4 is 0 Å². The van der Waals surface area contributed by atoms with E-state index in [-0.39, 0.29) is 0 Å². The first-order chi connectivity index (χ1) is 34.5. The molecule has 5 heteroatoms. The van der Waals surface area contributed by atoms with Gasteiger partial charge in [-0.2, -0.15) is 0 Å². The van der Waals surface area contributed by atoms with Gasteiger partial charge in [-0.3, -0.25) is 0 Å². The van der Waals surface area contributed by atoms with E-state index in [1.807, 2.05) is 0 Å². The van der Waals surface area contributed by atoms with Crippen LogP contribution in [0.15, 0.2) is 176 Å². The first kappa shape index (κ1) is 39.8. The molecule has 0 unspecified atom stereocenters. The van der Waals surface area contributed by atoms with E-state index in [1.54, 1.807) is 0 Å². The van der Waals surface area contributed by atoms with E-state index in [0.29, 0.717) is 0 Å². The molecule has 3 aromatic heterocycles. The van der Waals surface area contributed by atoms with Crippen LogP contribution in [0.25, 0.3) is 124 Å². The van der Waals surface area contributed by atoms with Gasteiger partial charge in [-0.25, -0.2) is 9.97 Å². The molecule has 5 heterocycles. The Morgan fingerprint density at radius 3 is 0.957 bits per heavy atom. The highest BCUT2D eigenvalue weighted by molar-refractivity contribution is 14.1. The molecule has 7 aromatic carbocycles. The first-order valence-corrected chi connectivity index (χ1v) is 25.2. The summed E-state index contributed by atoms with van der Waals surface area (Å²) in [6.45, 7) is 0. The number of fused-ring (bicyclic) bond motifs is 17. The fourth-order valence-corrected chi connectivity index (χ4v) is 12.3. The summed E-state index contributed by atoms with van der Waals surface area (Å²) in [5.41, 5.74) is 32.4. The van der Waals surface area contributed by atoms with Crippen molar-refractivity contribution < 1.29 is 0 Å². The number of hydrogen-bond donors (Lipinski definition) is 2. The summed E-state index contributed by atoms with van der Waals surface area (Å²) < 4.78 is 1.18. The fourth-order valence-electron chi connectivity index (χ4n) is 11.9. The lowest BCUT2D eigenvalue weighted by atomic mass is 9.98. The van der Waals surface area contributed by atoms with Crippen molar-refractivity contribution in [3.63, 3.8) is 0 Å². The fraction of sp³-hybridized carbons (Fsp3) is 0.0462. The number of H-pyrrole nitrogens is 2. The maximum Gasteiger partial charge on any atom is 0.0737 e. The Morgan fingerprint density at radius 2 is 0.600 bits per heavy atom. The van der Waals surface area contributed by atoms with Crippen LogP contribution in [0, 0.1) is 3.57 Å². The van der Waals surface area contributed by atoms with Gasteiger partial charge < -0.3 is 9.97 Å². The predicted octanol–water partition coefficient (Wildman–Crippen LogP) is 16.6. The number of aromatic amines is 2. The number of nitrogens with one attached hydrogen (secondary N) is 2. The predicted molar refractivity (Wildman–Crippen MR) is 298 cm³/mol. The van der Waals surface area contributed by atoms with Gasteiger partial charge in [-0.15, -0.1) is 0 Å². The second-order valence-electron chi connectivity index (χ2n) is 19.1. The number of nitrogens with zero attached hydrogens (tertiary/aromatic N) is 2. The molecule has 0 radical (unpaired) electrons. The summed E-state index contributed by atoms with van der Waals surface area (Å²) in [6.07, 6.45) is 11.6. The molecule has 4 nitrogen and oxygen atoms in total. The SMILES string of the molecule is Ic1ccc(-c2c3nc(c(-c4ccc5c(c4)Cc4ccccc4-5)c4ccc([nH]4)c(-c4ccc5c(c4)Cc4ccccc4-5)c4nc(c(-c5ccc6c(c5)Cc5ccccc5-6)c5ccc2[nH]5)C=C4)C=C3)cc1. The van der Waals surface area contributed by atoms with E-state index < -0.39 is 0 Å². The molecule has 8 bridgehead atoms. The lowest BCUT2D eigenvalue weighted by molar-refractivity contribution is 1.26. The number of hydrogen-bond acceptors (Lipinski definition) is 2. The zero-order chi connectivity index (χ0) is 46.0. The minimum absolute atomic E-state index is 0.907. The molecule has 0 fully saturated rings. The Hall–Kier alpha value is -8.13. The Morgan fingerprint density at radius 1 is 0.300 bits per heavy atom. The normalized spacial score (nSPS) is 13.2. The maximum absolute atomic E-state index is 5.68. The van der Waals surface area contributed by atoms with Gasteiger partial charge >= 0.3 is 0 Å². The monoisotopic (exact) mass is 1000 g/mol. The van der Waals surface area contributed by atoms with Gasteiger partial charge in [-0.05, 0) is 192 Å². The van der Waals surface area contributed by atoms with Gasteiger partial charge in [0.05, 0.1) is 22.8 Å². The van der Waals surface area contributed by atoms with Gasteiger partial charge in [0.1, 0.15) is 0 Å². The first-order valence-electron chi connectivity index (χ1n) is 24.1. The summed E-state index contributed by atoms with van der Waals surface area (Å²) in [7, 11) is 0. The Kier molecular flexibility index (Phi) is 8.78. The zero-order valence-electron chi connectivity index (χ0n) is 37.9. The summed E-state index contributed by atoms with van der Waals surface area (Å²) in [5.74, 6) is 0. The molecular formula is C65H41IN4. The second kappa shape index (κ2) is 15.4. The Labute approximate surface area is 419 Å².